The van der Waals surface area contributed by atoms with E-state index in [2.05, 4.69) is 19.2 Å². The summed E-state index contributed by atoms with van der Waals surface area (Å²) in [5.74, 6) is 1.16. The third-order valence-corrected chi connectivity index (χ3v) is 10.0. The molecule has 2 bridgehead atoms. The Morgan fingerprint density at radius 3 is 2.04 bits per heavy atom. The van der Waals surface area contributed by atoms with Crippen molar-refractivity contribution in [3.8, 4) is 0 Å². The average molecular weight is 374 g/mol. The van der Waals surface area contributed by atoms with E-state index in [1.165, 1.54) is 6.42 Å². The van der Waals surface area contributed by atoms with Gasteiger partial charge in [0, 0.05) is 25.9 Å². The Morgan fingerprint density at radius 1 is 1.16 bits per heavy atom. The maximum atomic E-state index is 11.6. The van der Waals surface area contributed by atoms with E-state index in [1.807, 2.05) is 20.8 Å². The van der Waals surface area contributed by atoms with Crippen molar-refractivity contribution in [3.05, 3.63) is 0 Å². The summed E-state index contributed by atoms with van der Waals surface area (Å²) < 4.78 is 19.0. The van der Waals surface area contributed by atoms with Gasteiger partial charge in [-0.15, -0.1) is 0 Å². The number of amides is 1. The molecule has 0 aromatic heterocycles. The van der Waals surface area contributed by atoms with E-state index >= 15 is 0 Å². The molecule has 146 valence electrons. The molecule has 2 rings (SSSR count). The minimum Gasteiger partial charge on any atom is -0.465 e. The largest absolute Gasteiger partial charge is 0.509 e. The van der Waals surface area contributed by atoms with Crippen LogP contribution in [-0.2, 0) is 13.3 Å². The van der Waals surface area contributed by atoms with Gasteiger partial charge in [-0.05, 0) is 57.8 Å². The lowest BCUT2D eigenvalue weighted by molar-refractivity contribution is 0.0137. The summed E-state index contributed by atoms with van der Waals surface area (Å²) in [4.78, 5) is 11.6. The molecule has 0 saturated heterocycles. The van der Waals surface area contributed by atoms with E-state index < -0.39 is 14.9 Å². The van der Waals surface area contributed by atoms with E-state index in [-0.39, 0.29) is 17.0 Å². The lowest BCUT2D eigenvalue weighted by Gasteiger charge is -2.52. The van der Waals surface area contributed by atoms with E-state index in [0.29, 0.717) is 31.7 Å². The molecule has 0 aromatic rings. The number of carboxylic acid groups (broad SMARTS) is 1. The quantitative estimate of drug-likeness (QED) is 0.568. The molecule has 2 aliphatic carbocycles. The standard InChI is InChI=1S/C18H35NO5Si/c1-6-22-25(23-7-2,24-8-3)18(12-14-9-10-15(18)11-14)16(13(4)5)19-17(20)21/h13-16,19H,6-12H2,1-5H3,(H,20,21). The lowest BCUT2D eigenvalue weighted by Crippen LogP contribution is -2.66. The molecule has 2 aliphatic rings. The highest BCUT2D eigenvalue weighted by Gasteiger charge is 2.72. The fourth-order valence-electron chi connectivity index (χ4n) is 5.44. The Hall–Kier alpha value is -0.633. The summed E-state index contributed by atoms with van der Waals surface area (Å²) in [6, 6.07) is -0.225. The van der Waals surface area contributed by atoms with Gasteiger partial charge in [0.2, 0.25) is 0 Å². The Bertz CT molecular complexity index is 444. The van der Waals surface area contributed by atoms with Crippen LogP contribution in [0, 0.1) is 17.8 Å². The van der Waals surface area contributed by atoms with Crippen molar-refractivity contribution >= 4 is 14.9 Å². The van der Waals surface area contributed by atoms with Crippen molar-refractivity contribution in [2.45, 2.75) is 71.4 Å². The SMILES string of the molecule is CCO[Si](OCC)(OCC)C1(C(NC(=O)O)C(C)C)CC2CCC1C2. The molecule has 2 N–H and O–H groups in total. The molecule has 7 heteroatoms. The lowest BCUT2D eigenvalue weighted by atomic mass is 9.77. The molecule has 0 spiro atoms. The molecule has 25 heavy (non-hydrogen) atoms. The second kappa shape index (κ2) is 8.37. The first-order valence-electron chi connectivity index (χ1n) is 9.78. The van der Waals surface area contributed by atoms with Gasteiger partial charge in [-0.25, -0.2) is 4.79 Å². The fourth-order valence-corrected chi connectivity index (χ4v) is 9.72. The van der Waals surface area contributed by atoms with Crippen LogP contribution in [0.4, 0.5) is 4.79 Å². The average Bonchev–Trinajstić information content (AvgIpc) is 3.14. The summed E-state index contributed by atoms with van der Waals surface area (Å²) in [5.41, 5.74) is 0. The second-order valence-electron chi connectivity index (χ2n) is 7.65. The number of nitrogens with one attached hydrogen (secondary N) is 1. The Morgan fingerprint density at radius 2 is 1.72 bits per heavy atom. The first kappa shape index (κ1) is 20.7. The van der Waals surface area contributed by atoms with Gasteiger partial charge in [0.15, 0.2) is 0 Å². The summed E-state index contributed by atoms with van der Waals surface area (Å²) in [6.45, 7) is 11.6. The van der Waals surface area contributed by atoms with Crippen molar-refractivity contribution in [3.63, 3.8) is 0 Å². The van der Waals surface area contributed by atoms with Gasteiger partial charge in [-0.2, -0.15) is 0 Å². The number of fused-ring (bicyclic) bond motifs is 2. The third kappa shape index (κ3) is 3.61. The van der Waals surface area contributed by atoms with Crippen LogP contribution in [0.2, 0.25) is 5.04 Å². The molecule has 4 atom stereocenters. The van der Waals surface area contributed by atoms with Crippen molar-refractivity contribution < 1.29 is 23.2 Å². The molecule has 2 saturated carbocycles. The van der Waals surface area contributed by atoms with Crippen LogP contribution in [0.25, 0.3) is 0 Å². The zero-order valence-corrected chi connectivity index (χ0v) is 17.3. The predicted molar refractivity (Wildman–Crippen MR) is 98.6 cm³/mol. The van der Waals surface area contributed by atoms with E-state index in [0.717, 1.165) is 19.3 Å². The smallest absolute Gasteiger partial charge is 0.465 e. The first-order valence-corrected chi connectivity index (χ1v) is 11.5. The number of rotatable bonds is 10. The molecule has 1 amide bonds. The van der Waals surface area contributed by atoms with Crippen LogP contribution >= 0.6 is 0 Å². The van der Waals surface area contributed by atoms with Gasteiger partial charge in [0.05, 0.1) is 5.04 Å². The molecule has 0 aliphatic heterocycles. The molecular weight excluding hydrogens is 338 g/mol. The van der Waals surface area contributed by atoms with Gasteiger partial charge < -0.3 is 23.7 Å². The second-order valence-corrected chi connectivity index (χ2v) is 10.6. The van der Waals surface area contributed by atoms with Crippen molar-refractivity contribution in [2.75, 3.05) is 19.8 Å². The van der Waals surface area contributed by atoms with Gasteiger partial charge in [-0.1, -0.05) is 20.3 Å². The maximum absolute atomic E-state index is 11.6. The highest BCUT2D eigenvalue weighted by atomic mass is 28.4. The van der Waals surface area contributed by atoms with Crippen molar-refractivity contribution in [1.29, 1.82) is 0 Å². The van der Waals surface area contributed by atoms with Crippen molar-refractivity contribution in [2.24, 2.45) is 17.8 Å². The minimum atomic E-state index is -3.08. The van der Waals surface area contributed by atoms with E-state index in [4.69, 9.17) is 13.3 Å². The first-order chi connectivity index (χ1) is 11.9. The molecule has 2 fully saturated rings. The van der Waals surface area contributed by atoms with Crippen LogP contribution in [0.3, 0.4) is 0 Å². The molecular formula is C18H35NO5Si. The predicted octanol–water partition coefficient (Wildman–Crippen LogP) is 3.89. The summed E-state index contributed by atoms with van der Waals surface area (Å²) >= 11 is 0. The summed E-state index contributed by atoms with van der Waals surface area (Å²) in [5, 5.41) is 12.0. The van der Waals surface area contributed by atoms with Gasteiger partial charge >= 0.3 is 14.9 Å². The van der Waals surface area contributed by atoms with Crippen LogP contribution < -0.4 is 5.32 Å². The van der Waals surface area contributed by atoms with E-state index in [1.54, 1.807) is 0 Å². The maximum Gasteiger partial charge on any atom is 0.509 e. The van der Waals surface area contributed by atoms with Gasteiger partial charge in [0.1, 0.15) is 0 Å². The number of carbonyl (C=O) groups is 1. The minimum absolute atomic E-state index is 0.142. The Balaban J connectivity index is 2.57. The third-order valence-electron chi connectivity index (χ3n) is 5.97. The molecule has 6 nitrogen and oxygen atoms in total. The van der Waals surface area contributed by atoms with E-state index in [9.17, 15) is 9.90 Å². The molecule has 0 radical (unpaired) electrons. The summed E-state index contributed by atoms with van der Waals surface area (Å²) in [7, 11) is -3.08. The topological polar surface area (TPSA) is 77.0 Å². The Labute approximate surface area is 153 Å². The zero-order valence-electron chi connectivity index (χ0n) is 16.3. The monoisotopic (exact) mass is 373 g/mol. The molecule has 0 heterocycles. The molecule has 4 unspecified atom stereocenters. The van der Waals surface area contributed by atoms with Gasteiger partial charge in [0.25, 0.3) is 0 Å². The van der Waals surface area contributed by atoms with Crippen LogP contribution in [-0.4, -0.2) is 45.9 Å². The fraction of sp³-hybridized carbons (Fsp3) is 0.944. The highest BCUT2D eigenvalue weighted by Crippen LogP contribution is 2.68. The van der Waals surface area contributed by atoms with Crippen LogP contribution in [0.5, 0.6) is 0 Å². The highest BCUT2D eigenvalue weighted by molar-refractivity contribution is 6.65. The van der Waals surface area contributed by atoms with Crippen LogP contribution in [0.15, 0.2) is 0 Å². The Kier molecular flexibility index (Phi) is 6.92. The van der Waals surface area contributed by atoms with Gasteiger partial charge in [-0.3, -0.25) is 0 Å². The number of hydrogen-bond acceptors (Lipinski definition) is 4. The van der Waals surface area contributed by atoms with Crippen LogP contribution in [0.1, 0.15) is 60.3 Å². The number of hydrogen-bond donors (Lipinski definition) is 2. The molecule has 0 aromatic carbocycles. The normalized spacial score (nSPS) is 30.0. The zero-order chi connectivity index (χ0) is 18.7. The van der Waals surface area contributed by atoms with Crippen molar-refractivity contribution in [1.82, 2.24) is 5.32 Å². The summed E-state index contributed by atoms with van der Waals surface area (Å²) in [6.07, 6.45) is 3.42.